The quantitative estimate of drug-likeness (QED) is 0.578. The molecule has 0 bridgehead atoms. The van der Waals surface area contributed by atoms with E-state index in [1.54, 1.807) is 49.5 Å². The molecule has 1 heterocycles. The molecule has 156 valence electrons. The number of para-hydroxylation sites is 2. The number of hydrogen-bond acceptors (Lipinski definition) is 5. The van der Waals surface area contributed by atoms with Crippen molar-refractivity contribution >= 4 is 21.6 Å². The number of aryl methyl sites for hydroxylation is 1. The van der Waals surface area contributed by atoms with E-state index in [0.29, 0.717) is 30.0 Å². The summed E-state index contributed by atoms with van der Waals surface area (Å²) in [7, 11) is -2.45. The Morgan fingerprint density at radius 2 is 1.83 bits per heavy atom. The highest BCUT2D eigenvalue weighted by Gasteiger charge is 2.20. The van der Waals surface area contributed by atoms with Gasteiger partial charge in [0, 0.05) is 30.4 Å². The molecule has 7 nitrogen and oxygen atoms in total. The lowest BCUT2D eigenvalue weighted by molar-refractivity contribution is 0.0954. The average Bonchev–Trinajstić information content (AvgIpc) is 2.74. The topological polar surface area (TPSA) is 97.4 Å². The molecule has 1 amide bonds. The van der Waals surface area contributed by atoms with Gasteiger partial charge in [-0.25, -0.2) is 8.42 Å². The smallest absolute Gasteiger partial charge is 0.262 e. The maximum atomic E-state index is 13.0. The van der Waals surface area contributed by atoms with Gasteiger partial charge >= 0.3 is 0 Å². The molecule has 3 rings (SSSR count). The van der Waals surface area contributed by atoms with E-state index >= 15 is 0 Å². The molecule has 30 heavy (non-hydrogen) atoms. The van der Waals surface area contributed by atoms with Gasteiger partial charge in [-0.1, -0.05) is 24.3 Å². The molecule has 2 aromatic carbocycles. The summed E-state index contributed by atoms with van der Waals surface area (Å²) in [5, 5.41) is 2.80. The second-order valence-electron chi connectivity index (χ2n) is 6.61. The Balaban J connectivity index is 1.76. The summed E-state index contributed by atoms with van der Waals surface area (Å²) in [6, 6.07) is 16.9. The standard InChI is InChI=1S/C22H23N3O4S/c1-16-10-11-17(22(26)24-14-12-18-7-5-6-13-23-18)15-21(16)30(27,28)25-19-8-3-4-9-20(19)29-2/h3-11,13,15,25H,12,14H2,1-2H3,(H,24,26). The first-order valence-corrected chi connectivity index (χ1v) is 10.8. The molecule has 0 saturated heterocycles. The van der Waals surface area contributed by atoms with Crippen molar-refractivity contribution in [2.45, 2.75) is 18.2 Å². The predicted octanol–water partition coefficient (Wildman–Crippen LogP) is 3.17. The number of hydrogen-bond donors (Lipinski definition) is 2. The van der Waals surface area contributed by atoms with E-state index in [1.165, 1.54) is 13.2 Å². The molecule has 2 N–H and O–H groups in total. The maximum Gasteiger partial charge on any atom is 0.262 e. The van der Waals surface area contributed by atoms with Crippen LogP contribution in [0.5, 0.6) is 5.75 Å². The van der Waals surface area contributed by atoms with Gasteiger partial charge in [0.2, 0.25) is 0 Å². The van der Waals surface area contributed by atoms with Crippen molar-refractivity contribution in [1.82, 2.24) is 10.3 Å². The van der Waals surface area contributed by atoms with Crippen LogP contribution in [0.1, 0.15) is 21.6 Å². The first-order chi connectivity index (χ1) is 14.4. The van der Waals surface area contributed by atoms with Crippen molar-refractivity contribution in [2.75, 3.05) is 18.4 Å². The van der Waals surface area contributed by atoms with Crippen LogP contribution < -0.4 is 14.8 Å². The molecule has 0 fully saturated rings. The van der Waals surface area contributed by atoms with Crippen LogP contribution in [0.15, 0.2) is 71.8 Å². The zero-order valence-electron chi connectivity index (χ0n) is 16.8. The monoisotopic (exact) mass is 425 g/mol. The number of pyridine rings is 1. The van der Waals surface area contributed by atoms with Gasteiger partial charge in [-0.3, -0.25) is 14.5 Å². The average molecular weight is 426 g/mol. The summed E-state index contributed by atoms with van der Waals surface area (Å²) < 4.78 is 33.7. The highest BCUT2D eigenvalue weighted by molar-refractivity contribution is 7.92. The Labute approximate surface area is 176 Å². The van der Waals surface area contributed by atoms with Crippen molar-refractivity contribution in [3.8, 4) is 5.75 Å². The van der Waals surface area contributed by atoms with Crippen LogP contribution in [-0.2, 0) is 16.4 Å². The van der Waals surface area contributed by atoms with Crippen LogP contribution in [0.4, 0.5) is 5.69 Å². The van der Waals surface area contributed by atoms with Gasteiger partial charge in [0.05, 0.1) is 17.7 Å². The summed E-state index contributed by atoms with van der Waals surface area (Å²) in [5.74, 6) is 0.0572. The summed E-state index contributed by atoms with van der Waals surface area (Å²) in [5.41, 5.74) is 1.99. The number of anilines is 1. The van der Waals surface area contributed by atoms with Crippen LogP contribution in [0.3, 0.4) is 0 Å². The van der Waals surface area contributed by atoms with E-state index in [9.17, 15) is 13.2 Å². The molecule has 0 spiro atoms. The van der Waals surface area contributed by atoms with E-state index < -0.39 is 10.0 Å². The lowest BCUT2D eigenvalue weighted by Crippen LogP contribution is -2.26. The van der Waals surface area contributed by atoms with Crippen LogP contribution in [0, 0.1) is 6.92 Å². The Morgan fingerprint density at radius 3 is 2.57 bits per heavy atom. The lowest BCUT2D eigenvalue weighted by Gasteiger charge is -2.14. The minimum Gasteiger partial charge on any atom is -0.495 e. The van der Waals surface area contributed by atoms with Gasteiger partial charge in [-0.15, -0.1) is 0 Å². The molecule has 3 aromatic rings. The Kier molecular flexibility index (Phi) is 6.68. The molecule has 0 atom stereocenters. The number of aromatic nitrogens is 1. The lowest BCUT2D eigenvalue weighted by atomic mass is 10.1. The maximum absolute atomic E-state index is 13.0. The molecule has 1 aromatic heterocycles. The van der Waals surface area contributed by atoms with Crippen LogP contribution >= 0.6 is 0 Å². The first kappa shape index (κ1) is 21.3. The molecule has 8 heteroatoms. The molecule has 0 unspecified atom stereocenters. The SMILES string of the molecule is COc1ccccc1NS(=O)(=O)c1cc(C(=O)NCCc2ccccn2)ccc1C. The Morgan fingerprint density at radius 1 is 1.07 bits per heavy atom. The number of amides is 1. The summed E-state index contributed by atoms with van der Waals surface area (Å²) >= 11 is 0. The highest BCUT2D eigenvalue weighted by atomic mass is 32.2. The number of benzene rings is 2. The minimum absolute atomic E-state index is 0.0331. The number of sulfonamides is 1. The second-order valence-corrected chi connectivity index (χ2v) is 8.26. The molecule has 0 aliphatic rings. The van der Waals surface area contributed by atoms with E-state index in [0.717, 1.165) is 5.69 Å². The number of carbonyl (C=O) groups is 1. The third-order valence-electron chi connectivity index (χ3n) is 4.48. The molecule has 0 saturated carbocycles. The van der Waals surface area contributed by atoms with E-state index in [-0.39, 0.29) is 16.4 Å². The van der Waals surface area contributed by atoms with Crippen molar-refractivity contribution in [3.63, 3.8) is 0 Å². The van der Waals surface area contributed by atoms with Crippen LogP contribution in [0.2, 0.25) is 0 Å². The fraction of sp³-hybridized carbons (Fsp3) is 0.182. The van der Waals surface area contributed by atoms with Crippen molar-refractivity contribution in [3.05, 3.63) is 83.7 Å². The molecular weight excluding hydrogens is 402 g/mol. The predicted molar refractivity (Wildman–Crippen MR) is 115 cm³/mol. The van der Waals surface area contributed by atoms with E-state index in [2.05, 4.69) is 15.0 Å². The number of nitrogens with one attached hydrogen (secondary N) is 2. The number of carbonyl (C=O) groups excluding carboxylic acids is 1. The Hall–Kier alpha value is -3.39. The zero-order valence-corrected chi connectivity index (χ0v) is 17.6. The van der Waals surface area contributed by atoms with Gasteiger partial charge in [0.15, 0.2) is 0 Å². The molecule has 0 radical (unpaired) electrons. The van der Waals surface area contributed by atoms with Crippen LogP contribution in [0.25, 0.3) is 0 Å². The molecular formula is C22H23N3O4S. The normalized spacial score (nSPS) is 11.0. The third-order valence-corrected chi connectivity index (χ3v) is 5.99. The minimum atomic E-state index is -3.92. The number of methoxy groups -OCH3 is 1. The van der Waals surface area contributed by atoms with E-state index in [4.69, 9.17) is 4.74 Å². The first-order valence-electron chi connectivity index (χ1n) is 9.35. The van der Waals surface area contributed by atoms with Gasteiger partial charge in [-0.05, 0) is 48.9 Å². The summed E-state index contributed by atoms with van der Waals surface area (Å²) in [6.45, 7) is 2.07. The van der Waals surface area contributed by atoms with Gasteiger partial charge in [-0.2, -0.15) is 0 Å². The largest absolute Gasteiger partial charge is 0.495 e. The zero-order chi connectivity index (χ0) is 21.6. The number of rotatable bonds is 8. The van der Waals surface area contributed by atoms with Gasteiger partial charge in [0.25, 0.3) is 15.9 Å². The molecule has 0 aliphatic heterocycles. The highest BCUT2D eigenvalue weighted by Crippen LogP contribution is 2.27. The Bertz CT molecular complexity index is 1130. The van der Waals surface area contributed by atoms with Gasteiger partial charge < -0.3 is 10.1 Å². The van der Waals surface area contributed by atoms with Crippen molar-refractivity contribution < 1.29 is 17.9 Å². The second kappa shape index (κ2) is 9.41. The number of nitrogens with zero attached hydrogens (tertiary/aromatic N) is 1. The fourth-order valence-electron chi connectivity index (χ4n) is 2.91. The summed E-state index contributed by atoms with van der Waals surface area (Å²) in [6.07, 6.45) is 2.28. The van der Waals surface area contributed by atoms with Gasteiger partial charge in [0.1, 0.15) is 5.75 Å². The summed E-state index contributed by atoms with van der Waals surface area (Å²) in [4.78, 5) is 16.8. The van der Waals surface area contributed by atoms with Crippen molar-refractivity contribution in [1.29, 1.82) is 0 Å². The van der Waals surface area contributed by atoms with Crippen LogP contribution in [-0.4, -0.2) is 33.0 Å². The molecule has 0 aliphatic carbocycles. The number of ether oxygens (including phenoxy) is 1. The van der Waals surface area contributed by atoms with E-state index in [1.807, 2.05) is 18.2 Å². The third kappa shape index (κ3) is 5.15. The van der Waals surface area contributed by atoms with Crippen molar-refractivity contribution in [2.24, 2.45) is 0 Å². The fourth-order valence-corrected chi connectivity index (χ4v) is 4.25.